The monoisotopic (exact) mass is 766 g/mol. The molecule has 14 nitrogen and oxygen atoms in total. The van der Waals surface area contributed by atoms with Crippen molar-refractivity contribution >= 4 is 45.4 Å². The van der Waals surface area contributed by atoms with Gasteiger partial charge in [0.15, 0.2) is 0 Å². The molecule has 0 bridgehead atoms. The number of hydrogen-bond acceptors (Lipinski definition) is 9. The Morgan fingerprint density at radius 1 is 0.836 bits per heavy atom. The number of alkyl carbamates (subject to hydrolysis) is 2. The molecule has 3 unspecified atom stereocenters. The van der Waals surface area contributed by atoms with Gasteiger partial charge in [-0.25, -0.2) is 19.6 Å². The minimum absolute atomic E-state index is 0.108. The summed E-state index contributed by atoms with van der Waals surface area (Å²) in [5.74, 6) is 1.02. The van der Waals surface area contributed by atoms with Crippen molar-refractivity contribution in [1.29, 1.82) is 0 Å². The van der Waals surface area contributed by atoms with Crippen LogP contribution >= 0.6 is 11.3 Å². The summed E-state index contributed by atoms with van der Waals surface area (Å²) in [5, 5.41) is 6.33. The van der Waals surface area contributed by atoms with Crippen molar-refractivity contribution in [1.82, 2.24) is 40.4 Å². The molecule has 3 aromatic heterocycles. The fraction of sp³-hybridized carbons (Fsp3) is 0.400. The van der Waals surface area contributed by atoms with Gasteiger partial charge in [0.05, 0.1) is 50.1 Å². The lowest BCUT2D eigenvalue weighted by atomic mass is 9.97. The van der Waals surface area contributed by atoms with E-state index >= 15 is 0 Å². The van der Waals surface area contributed by atoms with Gasteiger partial charge in [-0.15, -0.1) is 11.3 Å². The third-order valence-electron chi connectivity index (χ3n) is 10.5. The van der Waals surface area contributed by atoms with E-state index in [4.69, 9.17) is 14.7 Å². The Labute approximate surface area is 323 Å². The lowest BCUT2D eigenvalue weighted by Crippen LogP contribution is -2.51. The van der Waals surface area contributed by atoms with Gasteiger partial charge in [-0.3, -0.25) is 9.59 Å². The predicted molar refractivity (Wildman–Crippen MR) is 209 cm³/mol. The average molecular weight is 767 g/mol. The molecule has 0 spiro atoms. The number of nitrogens with one attached hydrogen (secondary N) is 4. The molecule has 2 aliphatic heterocycles. The van der Waals surface area contributed by atoms with Crippen LogP contribution in [0.5, 0.6) is 0 Å². The largest absolute Gasteiger partial charge is 0.453 e. The van der Waals surface area contributed by atoms with Gasteiger partial charge in [0.25, 0.3) is 0 Å². The Morgan fingerprint density at radius 2 is 1.44 bits per heavy atom. The summed E-state index contributed by atoms with van der Waals surface area (Å²) in [7, 11) is 2.56. The van der Waals surface area contributed by atoms with Crippen LogP contribution in [-0.4, -0.2) is 93.6 Å². The van der Waals surface area contributed by atoms with Crippen molar-refractivity contribution in [3.8, 4) is 33.6 Å². The number of ether oxygens (including phenoxy) is 2. The van der Waals surface area contributed by atoms with E-state index in [1.807, 2.05) is 31.1 Å². The Hall–Kier alpha value is -5.70. The quantitative estimate of drug-likeness (QED) is 0.121. The molecule has 7 rings (SSSR count). The highest BCUT2D eigenvalue weighted by atomic mass is 32.1. The molecule has 4 N–H and O–H groups in total. The molecule has 0 aliphatic carbocycles. The van der Waals surface area contributed by atoms with Gasteiger partial charge >= 0.3 is 12.2 Å². The van der Waals surface area contributed by atoms with E-state index in [2.05, 4.69) is 74.7 Å². The first-order valence-electron chi connectivity index (χ1n) is 18.6. The number of rotatable bonds is 10. The van der Waals surface area contributed by atoms with Gasteiger partial charge in [-0.1, -0.05) is 50.2 Å². The minimum Gasteiger partial charge on any atom is -0.453 e. The second kappa shape index (κ2) is 16.0. The van der Waals surface area contributed by atoms with E-state index in [9.17, 15) is 19.2 Å². The molecule has 15 heteroatoms. The van der Waals surface area contributed by atoms with E-state index in [1.165, 1.54) is 19.1 Å². The second-order valence-electron chi connectivity index (χ2n) is 14.3. The van der Waals surface area contributed by atoms with Crippen LogP contribution in [-0.2, 0) is 19.1 Å². The van der Waals surface area contributed by atoms with Crippen molar-refractivity contribution in [2.45, 2.75) is 64.6 Å². The zero-order valence-corrected chi connectivity index (χ0v) is 32.4. The van der Waals surface area contributed by atoms with E-state index in [0.29, 0.717) is 13.1 Å². The number of methoxy groups -OCH3 is 2. The van der Waals surface area contributed by atoms with Gasteiger partial charge in [-0.2, -0.15) is 0 Å². The topological polar surface area (TPSA) is 175 Å². The second-order valence-corrected chi connectivity index (χ2v) is 15.6. The zero-order chi connectivity index (χ0) is 38.8. The molecule has 0 saturated carbocycles. The lowest BCUT2D eigenvalue weighted by Gasteiger charge is -2.30. The van der Waals surface area contributed by atoms with Crippen LogP contribution in [0.3, 0.4) is 0 Å². The number of fused-ring (bicyclic) bond motifs is 1. The van der Waals surface area contributed by atoms with E-state index < -0.39 is 18.2 Å². The summed E-state index contributed by atoms with van der Waals surface area (Å²) in [6.07, 6.45) is 5.65. The van der Waals surface area contributed by atoms with Crippen LogP contribution in [0.25, 0.3) is 43.7 Å². The number of amides is 4. The first-order valence-corrected chi connectivity index (χ1v) is 19.4. The molecule has 2 fully saturated rings. The van der Waals surface area contributed by atoms with Gasteiger partial charge < -0.3 is 39.9 Å². The standard InChI is InChI=1S/C40H46N8O6S/c1-22(2)34(46-40(52)54-5)38(50)48-17-7-9-32(48)37-41-19-29(44-37)25-12-10-24(11-13-25)26-14-15-27(35-28(26)18-23(3)55-35)30-20-42-36(45-30)31-8-6-16-47(31)33(49)21-43-39(51)53-4/h10-15,18-20,22,31-32,34H,6-9,16-17,21H2,1-5H3,(H,41,44)(H,42,45)(H,43,51)(H,46,52). The molecule has 2 saturated heterocycles. The molecule has 288 valence electrons. The van der Waals surface area contributed by atoms with Crippen LogP contribution in [0, 0.1) is 12.8 Å². The summed E-state index contributed by atoms with van der Waals surface area (Å²) in [6, 6.07) is 13.8. The SMILES string of the molecule is COC(=O)NCC(=O)N1CCCC1c1ncc(-c2ccc(-c3ccc(-c4cnc(C5CCCN5C(=O)C(NC(=O)OC)C(C)C)[nH]4)cc3)c3cc(C)sc23)[nH]1. The van der Waals surface area contributed by atoms with Crippen molar-refractivity contribution < 1.29 is 28.7 Å². The summed E-state index contributed by atoms with van der Waals surface area (Å²) in [6.45, 7) is 6.98. The molecule has 2 aromatic carbocycles. The van der Waals surface area contributed by atoms with Gasteiger partial charge in [0.2, 0.25) is 11.8 Å². The van der Waals surface area contributed by atoms with Crippen molar-refractivity contribution in [3.63, 3.8) is 0 Å². The third kappa shape index (κ3) is 7.66. The number of likely N-dealkylation sites (tertiary alicyclic amines) is 2. The van der Waals surface area contributed by atoms with E-state index in [0.717, 1.165) is 81.1 Å². The molecule has 55 heavy (non-hydrogen) atoms. The number of benzene rings is 2. The number of aromatic nitrogens is 4. The predicted octanol–water partition coefficient (Wildman–Crippen LogP) is 6.72. The number of H-pyrrole nitrogens is 2. The Balaban J connectivity index is 1.08. The third-order valence-corrected chi connectivity index (χ3v) is 11.6. The van der Waals surface area contributed by atoms with Crippen LogP contribution in [0.2, 0.25) is 0 Å². The molecule has 5 heterocycles. The first-order chi connectivity index (χ1) is 26.6. The number of aromatic amines is 2. The fourth-order valence-corrected chi connectivity index (χ4v) is 8.76. The van der Waals surface area contributed by atoms with Gasteiger partial charge in [0.1, 0.15) is 24.2 Å². The number of thiophene rings is 1. The highest BCUT2D eigenvalue weighted by molar-refractivity contribution is 7.19. The summed E-state index contributed by atoms with van der Waals surface area (Å²) < 4.78 is 10.5. The van der Waals surface area contributed by atoms with Gasteiger partial charge in [0, 0.05) is 33.6 Å². The van der Waals surface area contributed by atoms with Crippen LogP contribution in [0.1, 0.15) is 68.1 Å². The number of carbonyl (C=O) groups excluding carboxylic acids is 4. The van der Waals surface area contributed by atoms with Crippen LogP contribution < -0.4 is 10.6 Å². The molecule has 4 amide bonds. The fourth-order valence-electron chi connectivity index (χ4n) is 7.70. The minimum atomic E-state index is -0.691. The molecule has 2 aliphatic rings. The number of carbonyl (C=O) groups is 4. The summed E-state index contributed by atoms with van der Waals surface area (Å²) in [4.78, 5) is 71.2. The number of aryl methyl sites for hydroxylation is 1. The summed E-state index contributed by atoms with van der Waals surface area (Å²) >= 11 is 1.73. The molecule has 3 atom stereocenters. The molecule has 0 radical (unpaired) electrons. The Bertz CT molecular complexity index is 2210. The maximum Gasteiger partial charge on any atom is 0.407 e. The normalized spacial score (nSPS) is 17.5. The van der Waals surface area contributed by atoms with Crippen molar-refractivity contribution in [2.75, 3.05) is 33.9 Å². The highest BCUT2D eigenvalue weighted by Gasteiger charge is 2.37. The maximum absolute atomic E-state index is 13.6. The average Bonchev–Trinajstić information content (AvgIpc) is 4.04. The van der Waals surface area contributed by atoms with Crippen LogP contribution in [0.4, 0.5) is 9.59 Å². The lowest BCUT2D eigenvalue weighted by molar-refractivity contribution is -0.135. The summed E-state index contributed by atoms with van der Waals surface area (Å²) in [5.41, 5.74) is 5.96. The number of hydrogen-bond donors (Lipinski definition) is 4. The van der Waals surface area contributed by atoms with Crippen molar-refractivity contribution in [2.24, 2.45) is 5.92 Å². The van der Waals surface area contributed by atoms with E-state index in [-0.39, 0.29) is 36.4 Å². The van der Waals surface area contributed by atoms with Crippen molar-refractivity contribution in [3.05, 3.63) is 71.4 Å². The Morgan fingerprint density at radius 3 is 2.11 bits per heavy atom. The number of nitrogens with zero attached hydrogens (tertiary/aromatic N) is 4. The molecule has 5 aromatic rings. The molecular formula is C40H46N8O6S. The highest BCUT2D eigenvalue weighted by Crippen LogP contribution is 2.41. The molecular weight excluding hydrogens is 721 g/mol. The van der Waals surface area contributed by atoms with E-state index in [1.54, 1.807) is 16.2 Å². The Kier molecular flexibility index (Phi) is 10.9. The first kappa shape index (κ1) is 37.6. The van der Waals surface area contributed by atoms with Gasteiger partial charge in [-0.05, 0) is 61.3 Å². The number of imidazole rings is 2. The smallest absolute Gasteiger partial charge is 0.407 e. The maximum atomic E-state index is 13.6. The van der Waals surface area contributed by atoms with Crippen LogP contribution in [0.15, 0.2) is 54.9 Å². The zero-order valence-electron chi connectivity index (χ0n) is 31.6.